The van der Waals surface area contributed by atoms with Gasteiger partial charge in [0.2, 0.25) is 0 Å². The molecule has 0 aromatic heterocycles. The Morgan fingerprint density at radius 1 is 1.46 bits per heavy atom. The summed E-state index contributed by atoms with van der Waals surface area (Å²) in [6.45, 7) is 0. The van der Waals surface area contributed by atoms with Crippen LogP contribution in [0.15, 0.2) is 29.2 Å². The van der Waals surface area contributed by atoms with Crippen LogP contribution in [0, 0.1) is 12.3 Å². The van der Waals surface area contributed by atoms with E-state index in [1.165, 1.54) is 0 Å². The number of hydrogen-bond donors (Lipinski definition) is 2. The summed E-state index contributed by atoms with van der Waals surface area (Å²) in [5, 5.41) is 0. The molecule has 1 aromatic carbocycles. The molecule has 2 rings (SSSR count). The lowest BCUT2D eigenvalue weighted by molar-refractivity contribution is 0.0986. The number of terminal acetylenes is 1. The smallest absolute Gasteiger partial charge is 0.261 e. The number of rotatable bonds is 1. The van der Waals surface area contributed by atoms with Crippen LogP contribution >= 0.6 is 11.1 Å². The van der Waals surface area contributed by atoms with Gasteiger partial charge in [-0.05, 0) is 12.1 Å². The number of amides is 1. The molecule has 13 heavy (non-hydrogen) atoms. The van der Waals surface area contributed by atoms with Gasteiger partial charge in [0.15, 0.2) is 0 Å². The first-order valence-corrected chi connectivity index (χ1v) is 5.46. The van der Waals surface area contributed by atoms with Crippen molar-refractivity contribution in [1.29, 1.82) is 0 Å². The summed E-state index contributed by atoms with van der Waals surface area (Å²) in [6.07, 6.45) is 5.23. The van der Waals surface area contributed by atoms with E-state index in [4.69, 9.17) is 6.42 Å². The molecule has 0 saturated heterocycles. The van der Waals surface area contributed by atoms with Crippen LogP contribution in [-0.4, -0.2) is 11.7 Å². The van der Waals surface area contributed by atoms with Gasteiger partial charge in [-0.25, -0.2) is 0 Å². The number of carbonyl (C=O) groups excluding carboxylic acids is 1. The van der Waals surface area contributed by atoms with Crippen LogP contribution in [0.5, 0.6) is 0 Å². The molecular formula is C10H9NOS. The summed E-state index contributed by atoms with van der Waals surface area (Å²) in [4.78, 5) is 12.5. The standard InChI is InChI=1S/C10H9NOS/c1-2-7-13-9-6-4-3-5-8(9)10(12)11-13/h1,3-6,13H,7H2,(H,11,12). The van der Waals surface area contributed by atoms with Gasteiger partial charge in [-0.2, -0.15) is 0 Å². The van der Waals surface area contributed by atoms with Gasteiger partial charge in [0.05, 0.1) is 11.3 Å². The highest BCUT2D eigenvalue weighted by molar-refractivity contribution is 8.16. The monoisotopic (exact) mass is 191 g/mol. The molecule has 1 aliphatic heterocycles. The van der Waals surface area contributed by atoms with Gasteiger partial charge in [0.25, 0.3) is 5.91 Å². The molecule has 1 unspecified atom stereocenters. The van der Waals surface area contributed by atoms with Crippen LogP contribution in [-0.2, 0) is 0 Å². The number of hydrogen-bond acceptors (Lipinski definition) is 1. The van der Waals surface area contributed by atoms with Crippen molar-refractivity contribution in [2.45, 2.75) is 4.90 Å². The predicted octanol–water partition coefficient (Wildman–Crippen LogP) is 1.34. The van der Waals surface area contributed by atoms with Gasteiger partial charge in [0, 0.05) is 4.90 Å². The molecule has 1 aromatic rings. The third kappa shape index (κ3) is 1.30. The van der Waals surface area contributed by atoms with E-state index >= 15 is 0 Å². The van der Waals surface area contributed by atoms with Crippen molar-refractivity contribution in [3.05, 3.63) is 29.8 Å². The van der Waals surface area contributed by atoms with Crippen molar-refractivity contribution in [3.8, 4) is 12.3 Å². The molecule has 0 saturated carbocycles. The topological polar surface area (TPSA) is 29.1 Å². The third-order valence-corrected chi connectivity index (χ3v) is 3.87. The Bertz CT molecular complexity index is 394. The SMILES string of the molecule is C#CC[SH]1NC(=O)c2ccccc21. The molecule has 1 atom stereocenters. The van der Waals surface area contributed by atoms with Crippen molar-refractivity contribution < 1.29 is 4.79 Å². The van der Waals surface area contributed by atoms with Crippen molar-refractivity contribution in [1.82, 2.24) is 4.72 Å². The quantitative estimate of drug-likeness (QED) is 0.509. The second-order valence-electron chi connectivity index (χ2n) is 2.75. The Morgan fingerprint density at radius 2 is 2.23 bits per heavy atom. The normalized spacial score (nSPS) is 21.8. The molecule has 0 bridgehead atoms. The van der Waals surface area contributed by atoms with Crippen LogP contribution in [0.2, 0.25) is 0 Å². The average molecular weight is 191 g/mol. The molecule has 0 radical (unpaired) electrons. The second kappa shape index (κ2) is 3.15. The second-order valence-corrected chi connectivity index (χ2v) is 4.63. The van der Waals surface area contributed by atoms with E-state index in [1.807, 2.05) is 24.3 Å². The Balaban J connectivity index is 2.42. The molecule has 1 heterocycles. The van der Waals surface area contributed by atoms with Crippen LogP contribution in [0.25, 0.3) is 0 Å². The molecule has 2 nitrogen and oxygen atoms in total. The number of carbonyl (C=O) groups is 1. The first-order valence-electron chi connectivity index (χ1n) is 3.94. The van der Waals surface area contributed by atoms with Crippen LogP contribution in [0.3, 0.4) is 0 Å². The summed E-state index contributed by atoms with van der Waals surface area (Å²) in [7, 11) is 0. The van der Waals surface area contributed by atoms with Crippen LogP contribution < -0.4 is 4.72 Å². The zero-order chi connectivity index (χ0) is 9.26. The van der Waals surface area contributed by atoms with E-state index in [0.717, 1.165) is 10.5 Å². The molecule has 1 amide bonds. The number of fused-ring (bicyclic) bond motifs is 1. The number of benzene rings is 1. The van der Waals surface area contributed by atoms with Crippen molar-refractivity contribution in [3.63, 3.8) is 0 Å². The molecule has 0 spiro atoms. The lowest BCUT2D eigenvalue weighted by atomic mass is 10.2. The molecular weight excluding hydrogens is 182 g/mol. The van der Waals surface area contributed by atoms with Crippen molar-refractivity contribution in [2.75, 3.05) is 5.75 Å². The highest BCUT2D eigenvalue weighted by atomic mass is 32.2. The molecule has 0 fully saturated rings. The Kier molecular flexibility index (Phi) is 1.99. The number of thiol groups is 1. The predicted molar refractivity (Wildman–Crippen MR) is 54.9 cm³/mol. The lowest BCUT2D eigenvalue weighted by Gasteiger charge is -2.11. The average Bonchev–Trinajstić information content (AvgIpc) is 2.46. The van der Waals surface area contributed by atoms with Gasteiger partial charge in [-0.1, -0.05) is 18.1 Å². The first-order chi connectivity index (χ1) is 6.33. The molecule has 1 aliphatic rings. The highest BCUT2D eigenvalue weighted by Gasteiger charge is 2.24. The van der Waals surface area contributed by atoms with Gasteiger partial charge >= 0.3 is 0 Å². The van der Waals surface area contributed by atoms with Crippen molar-refractivity contribution >= 4 is 17.0 Å². The summed E-state index contributed by atoms with van der Waals surface area (Å²) in [6, 6.07) is 7.61. The maximum atomic E-state index is 11.4. The fraction of sp³-hybridized carbons (Fsp3) is 0.100. The molecule has 1 N–H and O–H groups in total. The zero-order valence-electron chi connectivity index (χ0n) is 6.95. The largest absolute Gasteiger partial charge is 0.312 e. The number of nitrogens with one attached hydrogen (secondary N) is 1. The van der Waals surface area contributed by atoms with Gasteiger partial charge in [-0.15, -0.1) is 17.5 Å². The molecule has 3 heteroatoms. The summed E-state index contributed by atoms with van der Waals surface area (Å²) in [5.41, 5.74) is 0.781. The minimum absolute atomic E-state index is 0.0111. The van der Waals surface area contributed by atoms with E-state index in [9.17, 15) is 4.79 Å². The van der Waals surface area contributed by atoms with E-state index < -0.39 is 11.1 Å². The highest BCUT2D eigenvalue weighted by Crippen LogP contribution is 2.39. The third-order valence-electron chi connectivity index (χ3n) is 1.93. The van der Waals surface area contributed by atoms with Gasteiger partial charge in [0.1, 0.15) is 0 Å². The summed E-state index contributed by atoms with van der Waals surface area (Å²) < 4.78 is 2.90. The van der Waals surface area contributed by atoms with E-state index in [0.29, 0.717) is 5.75 Å². The van der Waals surface area contributed by atoms with Gasteiger partial charge < -0.3 is 4.72 Å². The minimum Gasteiger partial charge on any atom is -0.312 e. The van der Waals surface area contributed by atoms with E-state index in [1.54, 1.807) is 0 Å². The first kappa shape index (κ1) is 8.21. The van der Waals surface area contributed by atoms with Crippen LogP contribution in [0.4, 0.5) is 0 Å². The zero-order valence-corrected chi connectivity index (χ0v) is 7.84. The van der Waals surface area contributed by atoms with E-state index in [2.05, 4.69) is 10.6 Å². The summed E-state index contributed by atoms with van der Waals surface area (Å²) >= 11 is -0.636. The fourth-order valence-corrected chi connectivity index (χ4v) is 3.01. The van der Waals surface area contributed by atoms with Crippen LogP contribution in [0.1, 0.15) is 10.4 Å². The van der Waals surface area contributed by atoms with Crippen molar-refractivity contribution in [2.24, 2.45) is 0 Å². The maximum absolute atomic E-state index is 11.4. The Morgan fingerprint density at radius 3 is 3.00 bits per heavy atom. The van der Waals surface area contributed by atoms with Gasteiger partial charge in [-0.3, -0.25) is 4.79 Å². The lowest BCUT2D eigenvalue weighted by Crippen LogP contribution is -2.12. The Hall–Kier alpha value is -1.40. The maximum Gasteiger partial charge on any atom is 0.261 e. The minimum atomic E-state index is -0.636. The summed E-state index contributed by atoms with van der Waals surface area (Å²) in [5.74, 6) is 3.22. The Labute approximate surface area is 79.8 Å². The molecule has 66 valence electrons. The fourth-order valence-electron chi connectivity index (χ4n) is 1.36. The van der Waals surface area contributed by atoms with E-state index in [-0.39, 0.29) is 5.91 Å². The molecule has 0 aliphatic carbocycles.